The van der Waals surface area contributed by atoms with E-state index in [0.717, 1.165) is 22.6 Å². The lowest BCUT2D eigenvalue weighted by Gasteiger charge is -2.21. The Labute approximate surface area is 169 Å². The summed E-state index contributed by atoms with van der Waals surface area (Å²) in [4.78, 5) is 19.7. The number of carbonyl (C=O) groups is 1. The topological polar surface area (TPSA) is 32.7 Å². The van der Waals surface area contributed by atoms with E-state index in [0.29, 0.717) is 11.6 Å². The van der Waals surface area contributed by atoms with Crippen LogP contribution in [0.4, 0.5) is 17.1 Å². The predicted octanol–water partition coefficient (Wildman–Crippen LogP) is 6.59. The van der Waals surface area contributed by atoms with Crippen molar-refractivity contribution in [2.45, 2.75) is 38.0 Å². The number of thiophene rings is 1. The smallest absolute Gasteiger partial charge is 0.274 e. The van der Waals surface area contributed by atoms with Gasteiger partial charge < -0.3 is 0 Å². The minimum Gasteiger partial charge on any atom is -0.274 e. The number of fused-ring (bicyclic) bond motifs is 1. The zero-order valence-corrected chi connectivity index (χ0v) is 16.5. The van der Waals surface area contributed by atoms with E-state index >= 15 is 0 Å². The highest BCUT2D eigenvalue weighted by molar-refractivity contribution is 7.08. The molecule has 0 bridgehead atoms. The number of para-hydroxylation sites is 1. The molecule has 0 unspecified atom stereocenters. The average molecular weight is 387 g/mol. The van der Waals surface area contributed by atoms with Crippen molar-refractivity contribution in [3.8, 4) is 0 Å². The second-order valence-electron chi connectivity index (χ2n) is 7.53. The third kappa shape index (κ3) is 3.08. The van der Waals surface area contributed by atoms with Gasteiger partial charge in [-0.05, 0) is 54.0 Å². The molecule has 1 saturated carbocycles. The molecular formula is C24H22N2OS. The number of nitrogens with zero attached hydrogens (tertiary/aromatic N) is 2. The highest BCUT2D eigenvalue weighted by Crippen LogP contribution is 2.38. The normalized spacial score (nSPS) is 18.6. The van der Waals surface area contributed by atoms with Crippen molar-refractivity contribution >= 4 is 40.0 Å². The molecule has 2 aromatic carbocycles. The first-order chi connectivity index (χ1) is 13.8. The van der Waals surface area contributed by atoms with E-state index in [9.17, 15) is 4.79 Å². The van der Waals surface area contributed by atoms with Gasteiger partial charge in [0, 0.05) is 10.9 Å². The SMILES string of the molecule is O=C1C(=Nc2ccc(C3CCCCC3)cc2)c2ccccc2N1c1ccsc1. The Hall–Kier alpha value is -2.72. The zero-order valence-electron chi connectivity index (χ0n) is 15.7. The lowest BCUT2D eigenvalue weighted by atomic mass is 9.84. The lowest BCUT2D eigenvalue weighted by Crippen LogP contribution is -2.24. The van der Waals surface area contributed by atoms with Gasteiger partial charge in [0.15, 0.2) is 0 Å². The number of aliphatic imine (C=N–C) groups is 1. The van der Waals surface area contributed by atoms with Gasteiger partial charge in [-0.1, -0.05) is 49.6 Å². The van der Waals surface area contributed by atoms with Crippen molar-refractivity contribution < 1.29 is 4.79 Å². The maximum absolute atomic E-state index is 13.2. The van der Waals surface area contributed by atoms with Crippen molar-refractivity contribution in [1.29, 1.82) is 0 Å². The maximum atomic E-state index is 13.2. The first kappa shape index (κ1) is 17.4. The Bertz CT molecular complexity index is 1020. The van der Waals surface area contributed by atoms with Gasteiger partial charge in [-0.15, -0.1) is 0 Å². The van der Waals surface area contributed by atoms with Gasteiger partial charge in [0.2, 0.25) is 0 Å². The molecule has 0 saturated heterocycles. The number of benzene rings is 2. The van der Waals surface area contributed by atoms with E-state index in [1.165, 1.54) is 37.7 Å². The van der Waals surface area contributed by atoms with Crippen LogP contribution in [0.1, 0.15) is 49.1 Å². The Morgan fingerprint density at radius 2 is 1.71 bits per heavy atom. The summed E-state index contributed by atoms with van der Waals surface area (Å²) in [5.74, 6) is 0.620. The number of hydrogen-bond acceptors (Lipinski definition) is 3. The molecule has 0 N–H and O–H groups in total. The van der Waals surface area contributed by atoms with Crippen LogP contribution >= 0.6 is 11.3 Å². The molecule has 28 heavy (non-hydrogen) atoms. The summed E-state index contributed by atoms with van der Waals surface area (Å²) < 4.78 is 0. The Balaban J connectivity index is 1.48. The van der Waals surface area contributed by atoms with Gasteiger partial charge in [0.1, 0.15) is 5.71 Å². The molecule has 4 heteroatoms. The standard InChI is InChI=1S/C24H22N2OS/c27-24-23(21-8-4-5-9-22(21)26(24)20-14-15-28-16-20)25-19-12-10-18(11-13-19)17-6-2-1-3-7-17/h4-5,8-17H,1-3,6-7H2. The minimum absolute atomic E-state index is 0.0593. The summed E-state index contributed by atoms with van der Waals surface area (Å²) in [6.45, 7) is 0. The fourth-order valence-corrected chi connectivity index (χ4v) is 4.95. The molecule has 0 radical (unpaired) electrons. The highest BCUT2D eigenvalue weighted by atomic mass is 32.1. The number of hydrogen-bond donors (Lipinski definition) is 0. The molecule has 0 atom stereocenters. The Morgan fingerprint density at radius 1 is 0.929 bits per heavy atom. The van der Waals surface area contributed by atoms with E-state index in [4.69, 9.17) is 4.99 Å². The highest BCUT2D eigenvalue weighted by Gasteiger charge is 2.34. The maximum Gasteiger partial charge on any atom is 0.282 e. The van der Waals surface area contributed by atoms with Gasteiger partial charge in [0.25, 0.3) is 5.91 Å². The van der Waals surface area contributed by atoms with Crippen molar-refractivity contribution in [2.24, 2.45) is 4.99 Å². The summed E-state index contributed by atoms with van der Waals surface area (Å²) in [6, 6.07) is 18.4. The second-order valence-corrected chi connectivity index (χ2v) is 8.31. The van der Waals surface area contributed by atoms with Crippen molar-refractivity contribution in [1.82, 2.24) is 0 Å². The molecule has 5 rings (SSSR count). The van der Waals surface area contributed by atoms with Crippen LogP contribution in [0, 0.1) is 0 Å². The van der Waals surface area contributed by atoms with Gasteiger partial charge in [-0.3, -0.25) is 9.69 Å². The van der Waals surface area contributed by atoms with E-state index in [2.05, 4.69) is 24.3 Å². The Kier molecular flexibility index (Phi) is 4.57. The van der Waals surface area contributed by atoms with Gasteiger partial charge in [-0.2, -0.15) is 11.3 Å². The monoisotopic (exact) mass is 386 g/mol. The molecule has 1 aliphatic carbocycles. The van der Waals surface area contributed by atoms with E-state index < -0.39 is 0 Å². The third-order valence-electron chi connectivity index (χ3n) is 5.78. The van der Waals surface area contributed by atoms with Gasteiger partial charge >= 0.3 is 0 Å². The predicted molar refractivity (Wildman–Crippen MR) is 116 cm³/mol. The number of anilines is 2. The van der Waals surface area contributed by atoms with Crippen molar-refractivity contribution in [3.05, 3.63) is 76.5 Å². The van der Waals surface area contributed by atoms with Crippen LogP contribution in [0.2, 0.25) is 0 Å². The summed E-state index contributed by atoms with van der Waals surface area (Å²) in [5.41, 5.74) is 5.47. The summed E-state index contributed by atoms with van der Waals surface area (Å²) in [7, 11) is 0. The first-order valence-electron chi connectivity index (χ1n) is 9.96. The molecule has 140 valence electrons. The van der Waals surface area contributed by atoms with E-state index in [1.807, 2.05) is 41.1 Å². The zero-order chi connectivity index (χ0) is 18.9. The molecule has 2 aliphatic rings. The molecule has 1 aliphatic heterocycles. The van der Waals surface area contributed by atoms with Gasteiger partial charge in [0.05, 0.1) is 17.1 Å². The lowest BCUT2D eigenvalue weighted by molar-refractivity contribution is -0.111. The van der Waals surface area contributed by atoms with Crippen molar-refractivity contribution in [2.75, 3.05) is 4.90 Å². The van der Waals surface area contributed by atoms with Crippen LogP contribution in [-0.4, -0.2) is 11.6 Å². The summed E-state index contributed by atoms with van der Waals surface area (Å²) in [6.07, 6.45) is 6.60. The summed E-state index contributed by atoms with van der Waals surface area (Å²) >= 11 is 1.59. The molecule has 1 aromatic heterocycles. The summed E-state index contributed by atoms with van der Waals surface area (Å²) in [5, 5.41) is 3.99. The number of rotatable bonds is 3. The second kappa shape index (κ2) is 7.36. The van der Waals surface area contributed by atoms with Crippen molar-refractivity contribution in [3.63, 3.8) is 0 Å². The molecule has 2 heterocycles. The molecule has 1 fully saturated rings. The molecule has 1 amide bonds. The van der Waals surface area contributed by atoms with Crippen LogP contribution in [-0.2, 0) is 4.79 Å². The Morgan fingerprint density at radius 3 is 2.46 bits per heavy atom. The quantitative estimate of drug-likeness (QED) is 0.499. The van der Waals surface area contributed by atoms with Crippen LogP contribution < -0.4 is 4.90 Å². The number of carbonyl (C=O) groups excluding carboxylic acids is 1. The van der Waals surface area contributed by atoms with Crippen LogP contribution in [0.15, 0.2) is 70.3 Å². The minimum atomic E-state index is -0.0593. The largest absolute Gasteiger partial charge is 0.282 e. The molecule has 3 aromatic rings. The molecule has 0 spiro atoms. The fraction of sp³-hybridized carbons (Fsp3) is 0.250. The van der Waals surface area contributed by atoms with E-state index in [1.54, 1.807) is 16.2 Å². The fourth-order valence-electron chi connectivity index (χ4n) is 4.33. The molecule has 3 nitrogen and oxygen atoms in total. The van der Waals surface area contributed by atoms with E-state index in [-0.39, 0.29) is 5.91 Å². The van der Waals surface area contributed by atoms with Gasteiger partial charge in [-0.25, -0.2) is 4.99 Å². The van der Waals surface area contributed by atoms with Crippen LogP contribution in [0.25, 0.3) is 0 Å². The first-order valence-corrected chi connectivity index (χ1v) is 10.9. The number of amides is 1. The third-order valence-corrected chi connectivity index (χ3v) is 6.45. The van der Waals surface area contributed by atoms with Crippen LogP contribution in [0.5, 0.6) is 0 Å². The average Bonchev–Trinajstić information content (AvgIpc) is 3.36. The van der Waals surface area contributed by atoms with Crippen LogP contribution in [0.3, 0.4) is 0 Å². The molecular weight excluding hydrogens is 364 g/mol.